The van der Waals surface area contributed by atoms with Crippen LogP contribution in [0.1, 0.15) is 35.4 Å². The van der Waals surface area contributed by atoms with Crippen LogP contribution in [0.4, 0.5) is 0 Å². The molecule has 3 aromatic carbocycles. The van der Waals surface area contributed by atoms with E-state index >= 15 is 0 Å². The molecule has 0 fully saturated rings. The van der Waals surface area contributed by atoms with Crippen LogP contribution in [-0.4, -0.2) is 45.8 Å². The molecule has 186 valence electrons. The van der Waals surface area contributed by atoms with Crippen molar-refractivity contribution in [2.45, 2.75) is 30.6 Å². The van der Waals surface area contributed by atoms with E-state index in [1.807, 2.05) is 36.0 Å². The number of aromatic nitrogens is 2. The maximum absolute atomic E-state index is 12.5. The van der Waals surface area contributed by atoms with Gasteiger partial charge in [-0.25, -0.2) is 9.78 Å². The molecule has 2 N–H and O–H groups in total. The molecule has 0 aliphatic carbocycles. The first-order chi connectivity index (χ1) is 17.6. The van der Waals surface area contributed by atoms with Gasteiger partial charge >= 0.3 is 5.97 Å². The van der Waals surface area contributed by atoms with E-state index in [2.05, 4.69) is 40.3 Å². The molecule has 36 heavy (non-hydrogen) atoms. The average molecular weight is 505 g/mol. The molecule has 1 heterocycles. The average Bonchev–Trinajstić information content (AvgIpc) is 3.33. The minimum absolute atomic E-state index is 0.143. The normalized spacial score (nSPS) is 10.9. The highest BCUT2D eigenvalue weighted by Crippen LogP contribution is 2.23. The topological polar surface area (TPSA) is 102 Å². The number of aromatic amines is 1. The number of Topliss-reactive ketones (excluding diaryl/α,β-unsaturated/α-hetero) is 1. The Hall–Kier alpha value is -3.78. The largest absolute Gasteiger partial charge is 0.485 e. The second-order valence-electron chi connectivity index (χ2n) is 8.27. The number of ketones is 1. The predicted octanol–water partition coefficient (Wildman–Crippen LogP) is 5.79. The third-order valence-corrected chi connectivity index (χ3v) is 6.59. The van der Waals surface area contributed by atoms with Crippen LogP contribution in [0, 0.1) is 0 Å². The number of ether oxygens (including phenoxy) is 2. The van der Waals surface area contributed by atoms with Gasteiger partial charge in [0.05, 0.1) is 11.0 Å². The molecule has 0 aliphatic rings. The number of hydrogen-bond acceptors (Lipinski definition) is 6. The fourth-order valence-electron chi connectivity index (χ4n) is 3.65. The van der Waals surface area contributed by atoms with Crippen molar-refractivity contribution >= 4 is 34.5 Å². The van der Waals surface area contributed by atoms with Crippen LogP contribution >= 0.6 is 11.8 Å². The first kappa shape index (κ1) is 25.3. The molecule has 1 aromatic heterocycles. The summed E-state index contributed by atoms with van der Waals surface area (Å²) in [6.45, 7) is -0.582. The standard InChI is InChI=1S/C28H28N2O5S/c31-26(28-29-24-15-12-22(17-25(24)30-28)35-19-27(32)33)18-34-21-10-13-23(14-11-21)36-16-6-2-5-9-20-7-3-1-4-8-20/h1,3-4,7-8,10-15,17H,2,5-6,9,16,18-19H2,(H,29,30)(H,32,33). The van der Waals surface area contributed by atoms with Gasteiger partial charge in [-0.3, -0.25) is 4.79 Å². The Kier molecular flexibility index (Phi) is 8.99. The monoisotopic (exact) mass is 504 g/mol. The maximum atomic E-state index is 12.5. The van der Waals surface area contributed by atoms with Crippen LogP contribution in [0.3, 0.4) is 0 Å². The molecule has 0 amide bonds. The Morgan fingerprint density at radius 1 is 0.861 bits per heavy atom. The zero-order valence-electron chi connectivity index (χ0n) is 19.8. The predicted molar refractivity (Wildman–Crippen MR) is 140 cm³/mol. The van der Waals surface area contributed by atoms with Gasteiger partial charge in [0.2, 0.25) is 5.78 Å². The van der Waals surface area contributed by atoms with Crippen molar-refractivity contribution in [3.8, 4) is 11.5 Å². The van der Waals surface area contributed by atoms with E-state index in [1.165, 1.54) is 29.7 Å². The van der Waals surface area contributed by atoms with Gasteiger partial charge in [0.15, 0.2) is 19.0 Å². The lowest BCUT2D eigenvalue weighted by Gasteiger charge is -2.06. The van der Waals surface area contributed by atoms with Crippen molar-refractivity contribution < 1.29 is 24.2 Å². The number of benzene rings is 3. The van der Waals surface area contributed by atoms with E-state index in [9.17, 15) is 9.59 Å². The second-order valence-corrected chi connectivity index (χ2v) is 9.44. The van der Waals surface area contributed by atoms with Crippen molar-refractivity contribution in [1.82, 2.24) is 9.97 Å². The maximum Gasteiger partial charge on any atom is 0.341 e. The number of carboxylic acids is 1. The van der Waals surface area contributed by atoms with Gasteiger partial charge in [-0.1, -0.05) is 36.8 Å². The molecule has 0 saturated carbocycles. The van der Waals surface area contributed by atoms with E-state index in [-0.39, 0.29) is 18.2 Å². The molecule has 0 radical (unpaired) electrons. The number of imidazole rings is 1. The van der Waals surface area contributed by atoms with E-state index in [4.69, 9.17) is 14.6 Å². The zero-order chi connectivity index (χ0) is 25.2. The number of hydrogen-bond donors (Lipinski definition) is 2. The number of carbonyl (C=O) groups is 2. The SMILES string of the molecule is O=C(O)COc1ccc2nc(C(=O)COc3ccc(SCCCCCc4ccccc4)cc3)[nH]c2c1. The molecule has 0 bridgehead atoms. The quantitative estimate of drug-likeness (QED) is 0.127. The number of rotatable bonds is 14. The van der Waals surface area contributed by atoms with Crippen LogP contribution in [0.25, 0.3) is 11.0 Å². The summed E-state index contributed by atoms with van der Waals surface area (Å²) in [7, 11) is 0. The van der Waals surface area contributed by atoms with Crippen molar-refractivity contribution in [2.24, 2.45) is 0 Å². The van der Waals surface area contributed by atoms with E-state index in [1.54, 1.807) is 18.2 Å². The summed E-state index contributed by atoms with van der Waals surface area (Å²) in [5.74, 6) is 0.912. The molecule has 0 atom stereocenters. The molecule has 0 unspecified atom stereocenters. The Morgan fingerprint density at radius 2 is 1.61 bits per heavy atom. The molecule has 8 heteroatoms. The van der Waals surface area contributed by atoms with Crippen LogP contribution < -0.4 is 9.47 Å². The number of aliphatic carboxylic acids is 1. The van der Waals surface area contributed by atoms with Gasteiger partial charge in [0, 0.05) is 11.0 Å². The minimum atomic E-state index is -1.06. The Labute approximate surface area is 213 Å². The smallest absolute Gasteiger partial charge is 0.341 e. The first-order valence-corrected chi connectivity index (χ1v) is 12.8. The number of carboxylic acid groups (broad SMARTS) is 1. The van der Waals surface area contributed by atoms with Gasteiger partial charge in [-0.2, -0.15) is 0 Å². The third kappa shape index (κ3) is 7.61. The van der Waals surface area contributed by atoms with Crippen LogP contribution in [0.5, 0.6) is 11.5 Å². The lowest BCUT2D eigenvalue weighted by molar-refractivity contribution is -0.139. The van der Waals surface area contributed by atoms with Crippen molar-refractivity contribution in [2.75, 3.05) is 19.0 Å². The number of aryl methyl sites for hydroxylation is 1. The van der Waals surface area contributed by atoms with E-state index in [0.717, 1.165) is 12.2 Å². The van der Waals surface area contributed by atoms with Crippen LogP contribution in [0.15, 0.2) is 77.7 Å². The van der Waals surface area contributed by atoms with Crippen molar-refractivity contribution in [1.29, 1.82) is 0 Å². The number of carbonyl (C=O) groups excluding carboxylic acids is 1. The number of H-pyrrole nitrogens is 1. The third-order valence-electron chi connectivity index (χ3n) is 5.49. The number of fused-ring (bicyclic) bond motifs is 1. The highest BCUT2D eigenvalue weighted by Gasteiger charge is 2.13. The molecule has 0 aliphatic heterocycles. The summed E-state index contributed by atoms with van der Waals surface area (Å²) in [5, 5.41) is 8.73. The molecule has 0 spiro atoms. The molecule has 4 aromatic rings. The van der Waals surface area contributed by atoms with Crippen LogP contribution in [-0.2, 0) is 11.2 Å². The van der Waals surface area contributed by atoms with Gasteiger partial charge < -0.3 is 19.6 Å². The Balaban J connectivity index is 1.18. The fraction of sp³-hybridized carbons (Fsp3) is 0.250. The number of unbranched alkanes of at least 4 members (excludes halogenated alkanes) is 2. The molecular weight excluding hydrogens is 476 g/mol. The number of nitrogens with zero attached hydrogens (tertiary/aromatic N) is 1. The first-order valence-electron chi connectivity index (χ1n) is 11.8. The second kappa shape index (κ2) is 12.8. The molecule has 4 rings (SSSR count). The summed E-state index contributed by atoms with van der Waals surface area (Å²) >= 11 is 1.82. The molecular formula is C28H28N2O5S. The summed E-state index contributed by atoms with van der Waals surface area (Å²) in [6, 6.07) is 23.2. The summed E-state index contributed by atoms with van der Waals surface area (Å²) < 4.78 is 10.8. The lowest BCUT2D eigenvalue weighted by atomic mass is 10.1. The van der Waals surface area contributed by atoms with E-state index < -0.39 is 12.6 Å². The molecule has 7 nitrogen and oxygen atoms in total. The van der Waals surface area contributed by atoms with Crippen molar-refractivity contribution in [3.05, 3.63) is 84.2 Å². The minimum Gasteiger partial charge on any atom is -0.485 e. The number of nitrogens with one attached hydrogen (secondary N) is 1. The van der Waals surface area contributed by atoms with Gasteiger partial charge in [0.1, 0.15) is 11.5 Å². The zero-order valence-corrected chi connectivity index (χ0v) is 20.6. The summed E-state index contributed by atoms with van der Waals surface area (Å²) in [6.07, 6.45) is 4.72. The van der Waals surface area contributed by atoms with E-state index in [0.29, 0.717) is 22.5 Å². The van der Waals surface area contributed by atoms with Gasteiger partial charge in [-0.05, 0) is 67.0 Å². The fourth-order valence-corrected chi connectivity index (χ4v) is 4.56. The molecule has 0 saturated heterocycles. The highest BCUT2D eigenvalue weighted by atomic mass is 32.2. The summed E-state index contributed by atoms with van der Waals surface area (Å²) in [4.78, 5) is 31.6. The highest BCUT2D eigenvalue weighted by molar-refractivity contribution is 7.99. The Morgan fingerprint density at radius 3 is 2.39 bits per heavy atom. The number of thioether (sulfide) groups is 1. The lowest BCUT2D eigenvalue weighted by Crippen LogP contribution is -2.13. The summed E-state index contributed by atoms with van der Waals surface area (Å²) in [5.41, 5.74) is 2.57. The van der Waals surface area contributed by atoms with Gasteiger partial charge in [0.25, 0.3) is 0 Å². The Bertz CT molecular complexity index is 1290. The van der Waals surface area contributed by atoms with Gasteiger partial charge in [-0.15, -0.1) is 11.8 Å². The van der Waals surface area contributed by atoms with Crippen molar-refractivity contribution in [3.63, 3.8) is 0 Å². The van der Waals surface area contributed by atoms with Crippen LogP contribution in [0.2, 0.25) is 0 Å².